The summed E-state index contributed by atoms with van der Waals surface area (Å²) < 4.78 is 3.65. The summed E-state index contributed by atoms with van der Waals surface area (Å²) in [5.74, 6) is 0. The zero-order chi connectivity index (χ0) is 17.8. The first-order chi connectivity index (χ1) is 12.6. The van der Waals surface area contributed by atoms with Crippen molar-refractivity contribution >= 4 is 21.9 Å². The number of fused-ring (bicyclic) bond motifs is 3. The molecule has 1 N–H and O–H groups in total. The highest BCUT2D eigenvalue weighted by Gasteiger charge is 2.13. The molecule has 0 saturated carbocycles. The first-order valence-electron chi connectivity index (χ1n) is 8.38. The fraction of sp³-hybridized carbons (Fsp3) is 0.158. The summed E-state index contributed by atoms with van der Waals surface area (Å²) in [5.41, 5.74) is 8.10. The number of H-pyrrole nitrogens is 1. The largest absolute Gasteiger partial charge is 0.353 e. The molecule has 7 heteroatoms. The molecule has 5 aromatic rings. The van der Waals surface area contributed by atoms with Crippen LogP contribution in [0.3, 0.4) is 0 Å². The van der Waals surface area contributed by atoms with Gasteiger partial charge in [-0.15, -0.1) is 5.10 Å². The van der Waals surface area contributed by atoms with E-state index in [0.717, 1.165) is 50.1 Å². The van der Waals surface area contributed by atoms with Gasteiger partial charge >= 0.3 is 0 Å². The second-order valence-electron chi connectivity index (χ2n) is 6.49. The maximum Gasteiger partial charge on any atom is 0.0958 e. The molecular weight excluding hydrogens is 326 g/mol. The number of nitrogens with zero attached hydrogens (tertiary/aromatic N) is 6. The standard InChI is InChI=1S/C19H17N7/c1-11-19(26(3)24-23-11)13-9-16-18(20-10-13)14-5-4-12(8-15(14)22-16)17-6-7-21-25(17)2/h4-10,22H,1-3H3. The lowest BCUT2D eigenvalue weighted by Gasteiger charge is -2.02. The molecule has 0 fully saturated rings. The molecule has 128 valence electrons. The average Bonchev–Trinajstić information content (AvgIpc) is 3.30. The highest BCUT2D eigenvalue weighted by molar-refractivity contribution is 6.06. The van der Waals surface area contributed by atoms with Crippen molar-refractivity contribution in [3.63, 3.8) is 0 Å². The number of hydrogen-bond acceptors (Lipinski definition) is 4. The van der Waals surface area contributed by atoms with E-state index in [2.05, 4.69) is 44.7 Å². The summed E-state index contributed by atoms with van der Waals surface area (Å²) >= 11 is 0. The maximum atomic E-state index is 4.70. The van der Waals surface area contributed by atoms with E-state index in [0.29, 0.717) is 0 Å². The lowest BCUT2D eigenvalue weighted by Crippen LogP contribution is -1.95. The minimum Gasteiger partial charge on any atom is -0.353 e. The predicted octanol–water partition coefficient (Wildman–Crippen LogP) is 3.22. The first kappa shape index (κ1) is 14.8. The Hall–Kier alpha value is -3.48. The molecule has 0 atom stereocenters. The minimum absolute atomic E-state index is 0.892. The van der Waals surface area contributed by atoms with Crippen molar-refractivity contribution in [3.05, 3.63) is 48.4 Å². The lowest BCUT2D eigenvalue weighted by atomic mass is 10.1. The van der Waals surface area contributed by atoms with E-state index >= 15 is 0 Å². The molecule has 0 aliphatic heterocycles. The van der Waals surface area contributed by atoms with Gasteiger partial charge in [-0.05, 0) is 31.2 Å². The number of nitrogens with one attached hydrogen (secondary N) is 1. The van der Waals surface area contributed by atoms with Gasteiger partial charge in [0.25, 0.3) is 0 Å². The van der Waals surface area contributed by atoms with Crippen LogP contribution in [0.15, 0.2) is 42.7 Å². The molecule has 0 amide bonds. The second-order valence-corrected chi connectivity index (χ2v) is 6.49. The average molecular weight is 343 g/mol. The van der Waals surface area contributed by atoms with Gasteiger partial charge in [0.15, 0.2) is 0 Å². The van der Waals surface area contributed by atoms with E-state index in [-0.39, 0.29) is 0 Å². The van der Waals surface area contributed by atoms with Gasteiger partial charge in [0.2, 0.25) is 0 Å². The molecule has 0 saturated heterocycles. The van der Waals surface area contributed by atoms with Gasteiger partial charge in [0, 0.05) is 48.5 Å². The maximum absolute atomic E-state index is 4.70. The predicted molar refractivity (Wildman–Crippen MR) is 101 cm³/mol. The fourth-order valence-electron chi connectivity index (χ4n) is 3.58. The van der Waals surface area contributed by atoms with Crippen LogP contribution in [-0.2, 0) is 14.1 Å². The van der Waals surface area contributed by atoms with Crippen LogP contribution in [-0.4, -0.2) is 34.7 Å². The molecule has 4 heterocycles. The third kappa shape index (κ3) is 2.07. The van der Waals surface area contributed by atoms with Crippen molar-refractivity contribution in [1.82, 2.24) is 34.7 Å². The van der Waals surface area contributed by atoms with Crippen LogP contribution in [0.1, 0.15) is 5.69 Å². The van der Waals surface area contributed by atoms with Crippen LogP contribution in [0.2, 0.25) is 0 Å². The summed E-state index contributed by atoms with van der Waals surface area (Å²) in [5, 5.41) is 13.6. The summed E-state index contributed by atoms with van der Waals surface area (Å²) in [6.45, 7) is 1.96. The van der Waals surface area contributed by atoms with Gasteiger partial charge in [0.1, 0.15) is 0 Å². The van der Waals surface area contributed by atoms with Gasteiger partial charge in [-0.25, -0.2) is 4.68 Å². The van der Waals surface area contributed by atoms with Crippen molar-refractivity contribution in [2.75, 3.05) is 0 Å². The van der Waals surface area contributed by atoms with Gasteiger partial charge in [-0.1, -0.05) is 11.3 Å². The Kier molecular flexibility index (Phi) is 3.00. The van der Waals surface area contributed by atoms with Crippen molar-refractivity contribution in [1.29, 1.82) is 0 Å². The van der Waals surface area contributed by atoms with Crippen LogP contribution in [0.25, 0.3) is 44.5 Å². The smallest absolute Gasteiger partial charge is 0.0958 e. The van der Waals surface area contributed by atoms with Gasteiger partial charge < -0.3 is 4.98 Å². The van der Waals surface area contributed by atoms with E-state index < -0.39 is 0 Å². The molecular formula is C19H17N7. The molecule has 7 nitrogen and oxygen atoms in total. The summed E-state index contributed by atoms with van der Waals surface area (Å²) in [6, 6.07) is 10.5. The molecule has 26 heavy (non-hydrogen) atoms. The van der Waals surface area contributed by atoms with Gasteiger partial charge in [-0.2, -0.15) is 5.10 Å². The van der Waals surface area contributed by atoms with E-state index in [1.54, 1.807) is 4.68 Å². The number of aryl methyl sites for hydroxylation is 3. The van der Waals surface area contributed by atoms with Gasteiger partial charge in [-0.3, -0.25) is 9.67 Å². The van der Waals surface area contributed by atoms with E-state index in [1.807, 2.05) is 44.2 Å². The monoisotopic (exact) mass is 343 g/mol. The van der Waals surface area contributed by atoms with Crippen LogP contribution in [0.4, 0.5) is 0 Å². The zero-order valence-corrected chi connectivity index (χ0v) is 14.7. The second kappa shape index (κ2) is 5.26. The van der Waals surface area contributed by atoms with Crippen LogP contribution in [0.5, 0.6) is 0 Å². The Balaban J connectivity index is 1.70. The van der Waals surface area contributed by atoms with Gasteiger partial charge in [0.05, 0.1) is 28.1 Å². The Morgan fingerprint density at radius 3 is 2.54 bits per heavy atom. The summed E-state index contributed by atoms with van der Waals surface area (Å²) in [6.07, 6.45) is 3.69. The molecule has 0 spiro atoms. The van der Waals surface area contributed by atoms with Crippen molar-refractivity contribution in [2.24, 2.45) is 14.1 Å². The molecule has 4 aromatic heterocycles. The van der Waals surface area contributed by atoms with Crippen molar-refractivity contribution in [2.45, 2.75) is 6.92 Å². The Bertz CT molecular complexity index is 1250. The van der Waals surface area contributed by atoms with Crippen molar-refractivity contribution < 1.29 is 0 Å². The topological polar surface area (TPSA) is 77.2 Å². The van der Waals surface area contributed by atoms with E-state index in [9.17, 15) is 0 Å². The number of rotatable bonds is 2. The van der Waals surface area contributed by atoms with E-state index in [1.165, 1.54) is 0 Å². The SMILES string of the molecule is Cc1nnn(C)c1-c1cnc2c(c1)[nH]c1cc(-c3ccnn3C)ccc12. The first-order valence-corrected chi connectivity index (χ1v) is 8.38. The molecule has 0 aliphatic carbocycles. The number of hydrogen-bond donors (Lipinski definition) is 1. The van der Waals surface area contributed by atoms with Crippen LogP contribution < -0.4 is 0 Å². The quantitative estimate of drug-likeness (QED) is 0.534. The van der Waals surface area contributed by atoms with Crippen LogP contribution >= 0.6 is 0 Å². The molecule has 1 aromatic carbocycles. The number of aromatic amines is 1. The number of aromatic nitrogens is 7. The van der Waals surface area contributed by atoms with E-state index in [4.69, 9.17) is 4.98 Å². The molecule has 0 bridgehead atoms. The highest BCUT2D eigenvalue weighted by Crippen LogP contribution is 2.31. The zero-order valence-electron chi connectivity index (χ0n) is 14.7. The Morgan fingerprint density at radius 1 is 0.962 bits per heavy atom. The highest BCUT2D eigenvalue weighted by atomic mass is 15.4. The third-order valence-corrected chi connectivity index (χ3v) is 4.82. The normalized spacial score (nSPS) is 11.7. The Morgan fingerprint density at radius 2 is 1.81 bits per heavy atom. The summed E-state index contributed by atoms with van der Waals surface area (Å²) in [4.78, 5) is 8.20. The summed E-state index contributed by atoms with van der Waals surface area (Å²) in [7, 11) is 3.84. The van der Waals surface area contributed by atoms with Crippen molar-refractivity contribution in [3.8, 4) is 22.5 Å². The molecule has 0 radical (unpaired) electrons. The minimum atomic E-state index is 0.892. The lowest BCUT2D eigenvalue weighted by molar-refractivity contribution is 0.719. The molecule has 5 rings (SSSR count). The fourth-order valence-corrected chi connectivity index (χ4v) is 3.58. The number of benzene rings is 1. The Labute approximate surface area is 149 Å². The van der Waals surface area contributed by atoms with Crippen LogP contribution in [0, 0.1) is 6.92 Å². The molecule has 0 unspecified atom stereocenters. The molecule has 0 aliphatic rings. The third-order valence-electron chi connectivity index (χ3n) is 4.82. The number of pyridine rings is 1.